The molecule has 0 unspecified atom stereocenters. The van der Waals surface area contributed by atoms with Crippen LogP contribution in [0.25, 0.3) is 0 Å². The molecular weight excluding hydrogens is 238 g/mol. The third-order valence-electron chi connectivity index (χ3n) is 3.79. The molecule has 1 heterocycles. The number of methoxy groups -OCH3 is 1. The molecule has 0 spiro atoms. The summed E-state index contributed by atoms with van der Waals surface area (Å²) in [5.41, 5.74) is 0. The summed E-state index contributed by atoms with van der Waals surface area (Å²) in [7, 11) is 3.12. The van der Waals surface area contributed by atoms with Gasteiger partial charge in [0, 0.05) is 24.5 Å². The molecule has 1 saturated carbocycles. The number of hydrogen-bond acceptors (Lipinski definition) is 4. The van der Waals surface area contributed by atoms with Crippen molar-refractivity contribution in [2.75, 3.05) is 19.9 Å². The van der Waals surface area contributed by atoms with E-state index in [9.17, 15) is 9.59 Å². The van der Waals surface area contributed by atoms with Crippen molar-refractivity contribution >= 4 is 23.6 Å². The van der Waals surface area contributed by atoms with Crippen molar-refractivity contribution in [3.8, 4) is 0 Å². The molecule has 2 fully saturated rings. The van der Waals surface area contributed by atoms with Gasteiger partial charge in [0.05, 0.1) is 19.1 Å². The highest BCUT2D eigenvalue weighted by Gasteiger charge is 2.45. The number of hydrogen-bond donors (Lipinski definition) is 0. The van der Waals surface area contributed by atoms with Crippen LogP contribution in [0.5, 0.6) is 0 Å². The van der Waals surface area contributed by atoms with Crippen molar-refractivity contribution in [2.24, 2.45) is 5.92 Å². The molecule has 3 atom stereocenters. The molecule has 2 rings (SSSR count). The molecule has 0 radical (unpaired) electrons. The van der Waals surface area contributed by atoms with Crippen LogP contribution in [0, 0.1) is 5.92 Å². The van der Waals surface area contributed by atoms with E-state index in [0.29, 0.717) is 17.5 Å². The lowest BCUT2D eigenvalue weighted by atomic mass is 9.91. The Morgan fingerprint density at radius 3 is 2.94 bits per heavy atom. The average molecular weight is 257 g/mol. The highest BCUT2D eigenvalue weighted by molar-refractivity contribution is 8.00. The van der Waals surface area contributed by atoms with Gasteiger partial charge in [-0.2, -0.15) is 11.8 Å². The van der Waals surface area contributed by atoms with E-state index >= 15 is 0 Å². The first-order valence-electron chi connectivity index (χ1n) is 6.10. The highest BCUT2D eigenvalue weighted by Crippen LogP contribution is 2.41. The van der Waals surface area contributed by atoms with Gasteiger partial charge in [0.2, 0.25) is 0 Å². The highest BCUT2D eigenvalue weighted by atomic mass is 32.2. The molecule has 1 aliphatic heterocycles. The molecular formula is C12H19NO3S. The minimum atomic E-state index is -0.340. The molecule has 2 aliphatic rings. The van der Waals surface area contributed by atoms with E-state index in [1.54, 1.807) is 11.9 Å². The van der Waals surface area contributed by atoms with Gasteiger partial charge in [-0.1, -0.05) is 6.42 Å². The molecule has 1 aliphatic carbocycles. The van der Waals surface area contributed by atoms with Gasteiger partial charge in [0.25, 0.3) is 0 Å². The zero-order chi connectivity index (χ0) is 12.4. The molecule has 1 amide bonds. The van der Waals surface area contributed by atoms with E-state index in [2.05, 4.69) is 0 Å². The molecule has 0 aromatic carbocycles. The SMILES string of the molecule is COC(=O)N(C)[C@@H]1CS[C@H]2CCCCC(=O)[C@@H]21. The maximum atomic E-state index is 12.1. The average Bonchev–Trinajstić information content (AvgIpc) is 2.68. The summed E-state index contributed by atoms with van der Waals surface area (Å²) in [4.78, 5) is 25.3. The normalized spacial score (nSPS) is 32.8. The minimum absolute atomic E-state index is 0.0167. The van der Waals surface area contributed by atoms with Crippen molar-refractivity contribution in [2.45, 2.75) is 37.0 Å². The van der Waals surface area contributed by atoms with Crippen LogP contribution in [0.2, 0.25) is 0 Å². The van der Waals surface area contributed by atoms with Crippen LogP contribution < -0.4 is 0 Å². The van der Waals surface area contributed by atoms with E-state index in [1.165, 1.54) is 7.11 Å². The molecule has 1 saturated heterocycles. The monoisotopic (exact) mass is 257 g/mol. The number of fused-ring (bicyclic) bond motifs is 1. The summed E-state index contributed by atoms with van der Waals surface area (Å²) in [6.07, 6.45) is 3.57. The second-order valence-electron chi connectivity index (χ2n) is 4.76. The van der Waals surface area contributed by atoms with Gasteiger partial charge in [-0.05, 0) is 12.8 Å². The first-order chi connectivity index (χ1) is 8.15. The van der Waals surface area contributed by atoms with E-state index in [0.717, 1.165) is 25.0 Å². The summed E-state index contributed by atoms with van der Waals surface area (Å²) in [6, 6.07) is 0.0167. The summed E-state index contributed by atoms with van der Waals surface area (Å²) >= 11 is 1.84. The number of amides is 1. The maximum Gasteiger partial charge on any atom is 0.409 e. The first-order valence-corrected chi connectivity index (χ1v) is 7.15. The standard InChI is InChI=1S/C12H19NO3S/c1-13(12(15)16-2)8-7-17-10-6-4-3-5-9(14)11(8)10/h8,10-11H,3-7H2,1-2H3/t8-,10+,11+/m1/s1. The Morgan fingerprint density at radius 2 is 2.24 bits per heavy atom. The molecule has 0 bridgehead atoms. The molecule has 0 N–H and O–H groups in total. The Hall–Kier alpha value is -0.710. The summed E-state index contributed by atoms with van der Waals surface area (Å²) < 4.78 is 4.74. The molecule has 5 heteroatoms. The number of ketones is 1. The molecule has 0 aromatic heterocycles. The van der Waals surface area contributed by atoms with E-state index in [1.807, 2.05) is 11.8 Å². The first kappa shape index (κ1) is 12.7. The lowest BCUT2D eigenvalue weighted by Crippen LogP contribution is -2.45. The van der Waals surface area contributed by atoms with Gasteiger partial charge < -0.3 is 9.64 Å². The fraction of sp³-hybridized carbons (Fsp3) is 0.833. The van der Waals surface area contributed by atoms with Crippen molar-refractivity contribution in [1.29, 1.82) is 0 Å². The Morgan fingerprint density at radius 1 is 1.47 bits per heavy atom. The zero-order valence-electron chi connectivity index (χ0n) is 10.3. The fourth-order valence-electron chi connectivity index (χ4n) is 2.81. The Labute approximate surface area is 106 Å². The third kappa shape index (κ3) is 2.44. The van der Waals surface area contributed by atoms with Crippen LogP contribution in [-0.2, 0) is 9.53 Å². The van der Waals surface area contributed by atoms with Gasteiger partial charge in [0.1, 0.15) is 5.78 Å². The van der Waals surface area contributed by atoms with Crippen molar-refractivity contribution in [1.82, 2.24) is 4.90 Å². The number of carbonyl (C=O) groups excluding carboxylic acids is 2. The number of nitrogens with zero attached hydrogens (tertiary/aromatic N) is 1. The Bertz CT molecular complexity index is 321. The quantitative estimate of drug-likeness (QED) is 0.720. The third-order valence-corrected chi connectivity index (χ3v) is 5.28. The number of rotatable bonds is 1. The maximum absolute atomic E-state index is 12.1. The van der Waals surface area contributed by atoms with Gasteiger partial charge >= 0.3 is 6.09 Å². The van der Waals surface area contributed by atoms with Gasteiger partial charge in [-0.3, -0.25) is 4.79 Å². The molecule has 96 valence electrons. The van der Waals surface area contributed by atoms with Gasteiger partial charge in [0.15, 0.2) is 0 Å². The lowest BCUT2D eigenvalue weighted by Gasteiger charge is -2.28. The van der Waals surface area contributed by atoms with Crippen molar-refractivity contribution < 1.29 is 14.3 Å². The second kappa shape index (κ2) is 5.29. The summed E-state index contributed by atoms with van der Waals surface area (Å²) in [5, 5.41) is 0.405. The van der Waals surface area contributed by atoms with E-state index in [4.69, 9.17) is 4.74 Å². The van der Waals surface area contributed by atoms with Crippen molar-refractivity contribution in [3.63, 3.8) is 0 Å². The predicted molar refractivity (Wildman–Crippen MR) is 67.2 cm³/mol. The van der Waals surface area contributed by atoms with Gasteiger partial charge in [-0.25, -0.2) is 4.79 Å². The number of Topliss-reactive ketones (excluding diaryl/α,β-unsaturated/α-hetero) is 1. The Kier molecular flexibility index (Phi) is 3.97. The summed E-state index contributed by atoms with van der Waals surface area (Å²) in [5.74, 6) is 1.21. The minimum Gasteiger partial charge on any atom is -0.453 e. The fourth-order valence-corrected chi connectivity index (χ4v) is 4.55. The van der Waals surface area contributed by atoms with Crippen LogP contribution in [0.1, 0.15) is 25.7 Å². The second-order valence-corrected chi connectivity index (χ2v) is 6.03. The number of ether oxygens (including phenoxy) is 1. The summed E-state index contributed by atoms with van der Waals surface area (Å²) in [6.45, 7) is 0. The predicted octanol–water partition coefficient (Wildman–Crippen LogP) is 1.93. The van der Waals surface area contributed by atoms with Crippen LogP contribution in [0.15, 0.2) is 0 Å². The molecule has 17 heavy (non-hydrogen) atoms. The largest absolute Gasteiger partial charge is 0.453 e. The topological polar surface area (TPSA) is 46.6 Å². The number of carbonyl (C=O) groups is 2. The molecule has 4 nitrogen and oxygen atoms in total. The van der Waals surface area contributed by atoms with Crippen LogP contribution in [-0.4, -0.2) is 48.0 Å². The Balaban J connectivity index is 2.13. The molecule has 0 aromatic rings. The zero-order valence-corrected chi connectivity index (χ0v) is 11.2. The van der Waals surface area contributed by atoms with Crippen molar-refractivity contribution in [3.05, 3.63) is 0 Å². The van der Waals surface area contributed by atoms with Crippen LogP contribution >= 0.6 is 11.8 Å². The van der Waals surface area contributed by atoms with E-state index < -0.39 is 0 Å². The number of thioether (sulfide) groups is 1. The van der Waals surface area contributed by atoms with Gasteiger partial charge in [-0.15, -0.1) is 0 Å². The van der Waals surface area contributed by atoms with E-state index in [-0.39, 0.29) is 18.1 Å². The lowest BCUT2D eigenvalue weighted by molar-refractivity contribution is -0.123. The van der Waals surface area contributed by atoms with Crippen LogP contribution in [0.3, 0.4) is 0 Å². The van der Waals surface area contributed by atoms with Crippen LogP contribution in [0.4, 0.5) is 4.79 Å². The smallest absolute Gasteiger partial charge is 0.409 e.